The van der Waals surface area contributed by atoms with Crippen LogP contribution < -0.4 is 0 Å². The van der Waals surface area contributed by atoms with Crippen LogP contribution >= 0.6 is 0 Å². The van der Waals surface area contributed by atoms with E-state index in [1.807, 2.05) is 18.9 Å². The molecule has 0 aromatic rings. The Balaban J connectivity index is 2.62. The van der Waals surface area contributed by atoms with Crippen molar-refractivity contribution in [2.75, 3.05) is 27.4 Å². The van der Waals surface area contributed by atoms with Crippen molar-refractivity contribution in [1.82, 2.24) is 4.90 Å². The second-order valence-electron chi connectivity index (χ2n) is 3.91. The summed E-state index contributed by atoms with van der Waals surface area (Å²) in [6, 6.07) is -0.426. The number of hydrogen-bond acceptors (Lipinski definition) is 4. The Labute approximate surface area is 90.0 Å². The average Bonchev–Trinajstić information content (AvgIpc) is 2.59. The van der Waals surface area contributed by atoms with Gasteiger partial charge in [-0.15, -0.1) is 0 Å². The summed E-state index contributed by atoms with van der Waals surface area (Å²) >= 11 is 0. The van der Waals surface area contributed by atoms with Crippen LogP contribution in [0.4, 0.5) is 0 Å². The van der Waals surface area contributed by atoms with Crippen molar-refractivity contribution in [2.45, 2.75) is 31.5 Å². The molecule has 5 nitrogen and oxygen atoms in total. The van der Waals surface area contributed by atoms with E-state index in [2.05, 4.69) is 0 Å². The molecular weight excluding hydrogens is 198 g/mol. The maximum absolute atomic E-state index is 11.0. The first kappa shape index (κ1) is 12.4. The Morgan fingerprint density at radius 1 is 1.73 bits per heavy atom. The summed E-state index contributed by atoms with van der Waals surface area (Å²) < 4.78 is 10.3. The van der Waals surface area contributed by atoms with E-state index in [0.29, 0.717) is 6.61 Å². The Hall–Kier alpha value is -0.650. The van der Waals surface area contributed by atoms with Gasteiger partial charge in [0.15, 0.2) is 0 Å². The zero-order valence-corrected chi connectivity index (χ0v) is 9.47. The molecule has 5 heteroatoms. The largest absolute Gasteiger partial charge is 0.480 e. The molecule has 1 aliphatic heterocycles. The summed E-state index contributed by atoms with van der Waals surface area (Å²) in [6.07, 6.45) is 0.972. The quantitative estimate of drug-likeness (QED) is 0.712. The molecule has 0 aromatic heterocycles. The van der Waals surface area contributed by atoms with E-state index in [1.54, 1.807) is 0 Å². The first-order valence-electron chi connectivity index (χ1n) is 5.13. The zero-order chi connectivity index (χ0) is 11.4. The van der Waals surface area contributed by atoms with Crippen molar-refractivity contribution in [3.8, 4) is 0 Å². The number of carboxylic acids is 1. The topological polar surface area (TPSA) is 59.0 Å². The first-order chi connectivity index (χ1) is 7.07. The van der Waals surface area contributed by atoms with Gasteiger partial charge in [-0.3, -0.25) is 9.69 Å². The molecule has 0 aromatic carbocycles. The van der Waals surface area contributed by atoms with Crippen molar-refractivity contribution in [3.63, 3.8) is 0 Å². The van der Waals surface area contributed by atoms with Gasteiger partial charge in [-0.05, 0) is 20.4 Å². The molecule has 0 amide bonds. The molecule has 0 aliphatic carbocycles. The number of nitrogens with zero attached hydrogens (tertiary/aromatic N) is 1. The molecule has 3 unspecified atom stereocenters. The summed E-state index contributed by atoms with van der Waals surface area (Å²) in [4.78, 5) is 12.9. The Bertz CT molecular complexity index is 221. The molecule has 0 saturated carbocycles. The van der Waals surface area contributed by atoms with Crippen LogP contribution in [0.5, 0.6) is 0 Å². The summed E-state index contributed by atoms with van der Waals surface area (Å²) in [7, 11) is 3.33. The fourth-order valence-corrected chi connectivity index (χ4v) is 2.01. The molecule has 1 N–H and O–H groups in total. The van der Waals surface area contributed by atoms with Crippen molar-refractivity contribution < 1.29 is 19.4 Å². The second kappa shape index (κ2) is 5.44. The fourth-order valence-electron chi connectivity index (χ4n) is 2.01. The number of carbonyl (C=O) groups is 1. The van der Waals surface area contributed by atoms with E-state index in [9.17, 15) is 4.79 Å². The molecule has 1 heterocycles. The highest BCUT2D eigenvalue weighted by Crippen LogP contribution is 2.20. The molecule has 88 valence electrons. The number of ether oxygens (including phenoxy) is 2. The van der Waals surface area contributed by atoms with E-state index in [0.717, 1.165) is 6.42 Å². The van der Waals surface area contributed by atoms with Crippen molar-refractivity contribution in [1.29, 1.82) is 0 Å². The van der Waals surface area contributed by atoms with Crippen LogP contribution in [0, 0.1) is 0 Å². The minimum absolute atomic E-state index is 0.0914. The number of methoxy groups -OCH3 is 1. The SMILES string of the molecule is COCC(C(=O)O)N(C)C1CCOC1C. The van der Waals surface area contributed by atoms with Gasteiger partial charge in [-0.25, -0.2) is 0 Å². The second-order valence-corrected chi connectivity index (χ2v) is 3.91. The first-order valence-corrected chi connectivity index (χ1v) is 5.13. The summed E-state index contributed by atoms with van der Waals surface area (Å²) in [5.41, 5.74) is 0. The lowest BCUT2D eigenvalue weighted by molar-refractivity contribution is -0.146. The van der Waals surface area contributed by atoms with Crippen LogP contribution in [0.2, 0.25) is 0 Å². The molecule has 1 saturated heterocycles. The van der Waals surface area contributed by atoms with E-state index in [-0.39, 0.29) is 18.8 Å². The van der Waals surface area contributed by atoms with E-state index in [1.165, 1.54) is 7.11 Å². The minimum Gasteiger partial charge on any atom is -0.480 e. The highest BCUT2D eigenvalue weighted by molar-refractivity contribution is 5.73. The third kappa shape index (κ3) is 2.90. The third-order valence-electron chi connectivity index (χ3n) is 2.96. The smallest absolute Gasteiger partial charge is 0.323 e. The maximum Gasteiger partial charge on any atom is 0.323 e. The molecule has 0 bridgehead atoms. The van der Waals surface area contributed by atoms with Crippen molar-refractivity contribution in [3.05, 3.63) is 0 Å². The minimum atomic E-state index is -0.849. The monoisotopic (exact) mass is 217 g/mol. The number of hydrogen-bond donors (Lipinski definition) is 1. The van der Waals surface area contributed by atoms with Crippen molar-refractivity contribution >= 4 is 5.97 Å². The van der Waals surface area contributed by atoms with Crippen molar-refractivity contribution in [2.24, 2.45) is 0 Å². The van der Waals surface area contributed by atoms with Gasteiger partial charge in [0.1, 0.15) is 6.04 Å². The van der Waals surface area contributed by atoms with Gasteiger partial charge in [-0.1, -0.05) is 0 Å². The van der Waals surface area contributed by atoms with Gasteiger partial charge < -0.3 is 14.6 Å². The number of rotatable bonds is 5. The summed E-state index contributed by atoms with van der Waals surface area (Å²) in [5, 5.41) is 9.06. The predicted octanol–water partition coefficient (Wildman–Crippen LogP) is 0.195. The number of likely N-dealkylation sites (N-methyl/N-ethyl adjacent to an activating group) is 1. The molecular formula is C10H19NO4. The molecule has 1 aliphatic rings. The Kier molecular flexibility index (Phi) is 4.50. The lowest BCUT2D eigenvalue weighted by Gasteiger charge is -2.31. The Morgan fingerprint density at radius 3 is 2.80 bits per heavy atom. The maximum atomic E-state index is 11.0. The highest BCUT2D eigenvalue weighted by atomic mass is 16.5. The van der Waals surface area contributed by atoms with E-state index >= 15 is 0 Å². The molecule has 3 atom stereocenters. The normalized spacial score (nSPS) is 28.3. The van der Waals surface area contributed by atoms with Crippen LogP contribution in [0.25, 0.3) is 0 Å². The molecule has 0 radical (unpaired) electrons. The van der Waals surface area contributed by atoms with Crippen LogP contribution in [0.1, 0.15) is 13.3 Å². The van der Waals surface area contributed by atoms with E-state index < -0.39 is 12.0 Å². The van der Waals surface area contributed by atoms with Gasteiger partial charge in [-0.2, -0.15) is 0 Å². The lowest BCUT2D eigenvalue weighted by atomic mass is 10.1. The van der Waals surface area contributed by atoms with Gasteiger partial charge in [0, 0.05) is 19.8 Å². The predicted molar refractivity (Wildman–Crippen MR) is 54.9 cm³/mol. The van der Waals surface area contributed by atoms with Gasteiger partial charge >= 0.3 is 5.97 Å². The third-order valence-corrected chi connectivity index (χ3v) is 2.96. The van der Waals surface area contributed by atoms with Gasteiger partial charge in [0.2, 0.25) is 0 Å². The Morgan fingerprint density at radius 2 is 2.40 bits per heavy atom. The van der Waals surface area contributed by atoms with Crippen LogP contribution in [-0.2, 0) is 14.3 Å². The van der Waals surface area contributed by atoms with E-state index in [4.69, 9.17) is 14.6 Å². The van der Waals surface area contributed by atoms with Crippen LogP contribution in [0.15, 0.2) is 0 Å². The molecule has 1 rings (SSSR count). The molecule has 0 spiro atoms. The number of carboxylic acid groups (broad SMARTS) is 1. The lowest BCUT2D eigenvalue weighted by Crippen LogP contribution is -2.49. The van der Waals surface area contributed by atoms with Gasteiger partial charge in [0.25, 0.3) is 0 Å². The number of aliphatic carboxylic acids is 1. The summed E-state index contributed by atoms with van der Waals surface area (Å²) in [6.45, 7) is 2.88. The highest BCUT2D eigenvalue weighted by Gasteiger charge is 2.34. The average molecular weight is 217 g/mol. The fraction of sp³-hybridized carbons (Fsp3) is 0.900. The van der Waals surface area contributed by atoms with Crippen LogP contribution in [0.3, 0.4) is 0 Å². The zero-order valence-electron chi connectivity index (χ0n) is 9.47. The summed E-state index contributed by atoms with van der Waals surface area (Å²) in [5.74, 6) is -0.849. The molecule has 1 fully saturated rings. The van der Waals surface area contributed by atoms with Gasteiger partial charge in [0.05, 0.1) is 12.7 Å². The molecule has 15 heavy (non-hydrogen) atoms. The standard InChI is InChI=1S/C10H19NO4/c1-7-8(4-5-15-7)11(2)9(6-14-3)10(12)13/h7-9H,4-6H2,1-3H3,(H,12,13). The van der Waals surface area contributed by atoms with Crippen LogP contribution in [-0.4, -0.2) is 61.5 Å².